The van der Waals surface area contributed by atoms with E-state index >= 15 is 0 Å². The number of likely N-dealkylation sites (tertiary alicyclic amines) is 1. The van der Waals surface area contributed by atoms with E-state index in [1.54, 1.807) is 16.9 Å². The van der Waals surface area contributed by atoms with Crippen LogP contribution in [0.25, 0.3) is 16.9 Å². The van der Waals surface area contributed by atoms with Crippen molar-refractivity contribution in [2.45, 2.75) is 31.3 Å². The maximum atomic E-state index is 14.1. The van der Waals surface area contributed by atoms with Crippen molar-refractivity contribution in [2.75, 3.05) is 26.3 Å². The van der Waals surface area contributed by atoms with Crippen LogP contribution in [0.15, 0.2) is 60.9 Å². The lowest BCUT2D eigenvalue weighted by Crippen LogP contribution is -2.49. The van der Waals surface area contributed by atoms with Gasteiger partial charge >= 0.3 is 0 Å². The molecule has 8 nitrogen and oxygen atoms in total. The highest BCUT2D eigenvalue weighted by Gasteiger charge is 2.40. The van der Waals surface area contributed by atoms with Crippen molar-refractivity contribution in [2.24, 2.45) is 7.05 Å². The SMILES string of the molecule is Cc1c(-c2cnn(C)c2)nn(-c2ccccc2)c1CC(=O)N[C@@H]1CN(C2COC2)C[C@H]1c1ccc(F)c(F)c1. The molecule has 0 aliphatic carbocycles. The van der Waals surface area contributed by atoms with Crippen molar-refractivity contribution in [1.82, 2.24) is 29.8 Å². The van der Waals surface area contributed by atoms with E-state index < -0.39 is 11.6 Å². The first-order chi connectivity index (χ1) is 18.9. The number of nitrogens with one attached hydrogen (secondary N) is 1. The number of aromatic nitrogens is 4. The summed E-state index contributed by atoms with van der Waals surface area (Å²) in [6.07, 6.45) is 3.78. The van der Waals surface area contributed by atoms with Gasteiger partial charge in [-0.2, -0.15) is 10.2 Å². The highest BCUT2D eigenvalue weighted by Crippen LogP contribution is 2.32. The van der Waals surface area contributed by atoms with E-state index in [1.165, 1.54) is 6.07 Å². The molecule has 0 unspecified atom stereocenters. The standard InChI is InChI=1S/C29H30F2N6O2/c1-18-27(37(21-6-4-3-5-7-21)34-29(18)20-12-32-35(2)13-20)11-28(38)33-26-15-36(22-16-39-17-22)14-23(26)19-8-9-24(30)25(31)10-19/h3-10,12-13,22-23,26H,11,14-17H2,1-2H3,(H,33,38)/t23-,26+/m0/s1. The second-order valence-electron chi connectivity index (χ2n) is 10.3. The van der Waals surface area contributed by atoms with E-state index in [1.807, 2.05) is 55.2 Å². The Morgan fingerprint density at radius 3 is 2.56 bits per heavy atom. The first-order valence-corrected chi connectivity index (χ1v) is 13.1. The molecule has 2 atom stereocenters. The van der Waals surface area contributed by atoms with Gasteiger partial charge in [0.1, 0.15) is 0 Å². The zero-order chi connectivity index (χ0) is 27.1. The molecule has 0 bridgehead atoms. The van der Waals surface area contributed by atoms with Crippen LogP contribution in [0.2, 0.25) is 0 Å². The molecule has 1 N–H and O–H groups in total. The molecule has 202 valence electrons. The highest BCUT2D eigenvalue weighted by atomic mass is 19.2. The fourth-order valence-electron chi connectivity index (χ4n) is 5.54. The van der Waals surface area contributed by atoms with Crippen LogP contribution in [0.5, 0.6) is 0 Å². The van der Waals surface area contributed by atoms with Gasteiger partial charge in [0.2, 0.25) is 5.91 Å². The van der Waals surface area contributed by atoms with Gasteiger partial charge in [0.15, 0.2) is 11.6 Å². The van der Waals surface area contributed by atoms with Gasteiger partial charge in [0, 0.05) is 43.9 Å². The number of aryl methyl sites for hydroxylation is 1. The molecule has 4 aromatic rings. The van der Waals surface area contributed by atoms with Crippen molar-refractivity contribution in [3.8, 4) is 16.9 Å². The summed E-state index contributed by atoms with van der Waals surface area (Å²) < 4.78 is 36.7. The number of nitrogens with zero attached hydrogens (tertiary/aromatic N) is 5. The Hall–Kier alpha value is -3.89. The summed E-state index contributed by atoms with van der Waals surface area (Å²) in [5.41, 5.74) is 4.86. The lowest BCUT2D eigenvalue weighted by molar-refractivity contribution is -0.121. The Morgan fingerprint density at radius 1 is 1.10 bits per heavy atom. The zero-order valence-corrected chi connectivity index (χ0v) is 21.8. The molecule has 2 aromatic carbocycles. The molecule has 2 aliphatic heterocycles. The maximum Gasteiger partial charge on any atom is 0.226 e. The van der Waals surface area contributed by atoms with Crippen LogP contribution in [-0.4, -0.2) is 68.8 Å². The molecule has 0 spiro atoms. The Kier molecular flexibility index (Phi) is 6.74. The van der Waals surface area contributed by atoms with E-state index in [0.29, 0.717) is 31.9 Å². The number of benzene rings is 2. The molecule has 2 fully saturated rings. The predicted molar refractivity (Wildman–Crippen MR) is 141 cm³/mol. The molecule has 0 radical (unpaired) electrons. The predicted octanol–water partition coefficient (Wildman–Crippen LogP) is 3.38. The van der Waals surface area contributed by atoms with Crippen LogP contribution < -0.4 is 5.32 Å². The van der Waals surface area contributed by atoms with Crippen molar-refractivity contribution < 1.29 is 18.3 Å². The minimum Gasteiger partial charge on any atom is -0.378 e. The third-order valence-electron chi connectivity index (χ3n) is 7.75. The molecular formula is C29H30F2N6O2. The largest absolute Gasteiger partial charge is 0.378 e. The van der Waals surface area contributed by atoms with Gasteiger partial charge in [-0.25, -0.2) is 13.5 Å². The molecule has 6 rings (SSSR count). The number of halogens is 2. The number of ether oxygens (including phenoxy) is 1. The highest BCUT2D eigenvalue weighted by molar-refractivity contribution is 5.80. The van der Waals surface area contributed by atoms with Crippen LogP contribution in [0.1, 0.15) is 22.7 Å². The summed E-state index contributed by atoms with van der Waals surface area (Å²) in [5.74, 6) is -2.09. The summed E-state index contributed by atoms with van der Waals surface area (Å²) in [6.45, 7) is 4.49. The summed E-state index contributed by atoms with van der Waals surface area (Å²) in [7, 11) is 1.85. The molecule has 2 aromatic heterocycles. The second-order valence-corrected chi connectivity index (χ2v) is 10.3. The first-order valence-electron chi connectivity index (χ1n) is 13.1. The van der Waals surface area contributed by atoms with Gasteiger partial charge in [-0.05, 0) is 42.3 Å². The molecule has 39 heavy (non-hydrogen) atoms. The Labute approximate surface area is 225 Å². The van der Waals surface area contributed by atoms with E-state index in [9.17, 15) is 13.6 Å². The number of carbonyl (C=O) groups is 1. The summed E-state index contributed by atoms with van der Waals surface area (Å²) in [5, 5.41) is 12.4. The van der Waals surface area contributed by atoms with E-state index in [0.717, 1.165) is 34.3 Å². The fraction of sp³-hybridized carbons (Fsp3) is 0.345. The Bertz CT molecular complexity index is 1500. The minimum absolute atomic E-state index is 0.113. The molecule has 1 amide bonds. The molecule has 10 heteroatoms. The summed E-state index contributed by atoms with van der Waals surface area (Å²) in [6, 6.07) is 13.7. The third kappa shape index (κ3) is 4.97. The normalized spacial score (nSPS) is 19.8. The number of rotatable bonds is 7. The van der Waals surface area contributed by atoms with Crippen LogP contribution in [0.4, 0.5) is 8.78 Å². The lowest BCUT2D eigenvalue weighted by atomic mass is 9.94. The van der Waals surface area contributed by atoms with E-state index in [4.69, 9.17) is 9.84 Å². The quantitative estimate of drug-likeness (QED) is 0.395. The third-order valence-corrected chi connectivity index (χ3v) is 7.75. The average molecular weight is 533 g/mol. The van der Waals surface area contributed by atoms with Gasteiger partial charge in [0.05, 0.1) is 48.9 Å². The minimum atomic E-state index is -0.881. The van der Waals surface area contributed by atoms with Gasteiger partial charge in [-0.1, -0.05) is 24.3 Å². The second kappa shape index (κ2) is 10.3. The molecule has 0 saturated carbocycles. The Balaban J connectivity index is 1.28. The van der Waals surface area contributed by atoms with Gasteiger partial charge in [0.25, 0.3) is 0 Å². The van der Waals surface area contributed by atoms with Crippen molar-refractivity contribution in [1.29, 1.82) is 0 Å². The zero-order valence-electron chi connectivity index (χ0n) is 21.8. The topological polar surface area (TPSA) is 77.2 Å². The number of para-hydroxylation sites is 1. The molecule has 2 saturated heterocycles. The number of amides is 1. The molecule has 4 heterocycles. The van der Waals surface area contributed by atoms with Crippen LogP contribution >= 0.6 is 0 Å². The lowest BCUT2D eigenvalue weighted by Gasteiger charge is -2.34. The summed E-state index contributed by atoms with van der Waals surface area (Å²) >= 11 is 0. The van der Waals surface area contributed by atoms with Crippen molar-refractivity contribution >= 4 is 5.91 Å². The van der Waals surface area contributed by atoms with Crippen LogP contribution in [0.3, 0.4) is 0 Å². The number of carbonyl (C=O) groups excluding carboxylic acids is 1. The van der Waals surface area contributed by atoms with Crippen molar-refractivity contribution in [3.05, 3.63) is 89.4 Å². The average Bonchev–Trinajstić information content (AvgIpc) is 3.58. The van der Waals surface area contributed by atoms with Crippen LogP contribution in [0, 0.1) is 18.6 Å². The van der Waals surface area contributed by atoms with E-state index in [-0.39, 0.29) is 30.3 Å². The van der Waals surface area contributed by atoms with Gasteiger partial charge < -0.3 is 10.1 Å². The maximum absolute atomic E-state index is 14.1. The molecular weight excluding hydrogens is 502 g/mol. The molecule has 2 aliphatic rings. The van der Waals surface area contributed by atoms with Crippen molar-refractivity contribution in [3.63, 3.8) is 0 Å². The number of hydrogen-bond donors (Lipinski definition) is 1. The Morgan fingerprint density at radius 2 is 1.90 bits per heavy atom. The van der Waals surface area contributed by atoms with E-state index in [2.05, 4.69) is 15.3 Å². The fourth-order valence-corrected chi connectivity index (χ4v) is 5.54. The van der Waals surface area contributed by atoms with Gasteiger partial charge in [-0.3, -0.25) is 14.4 Å². The monoisotopic (exact) mass is 532 g/mol. The number of hydrogen-bond acceptors (Lipinski definition) is 5. The van der Waals surface area contributed by atoms with Gasteiger partial charge in [-0.15, -0.1) is 0 Å². The van der Waals surface area contributed by atoms with Crippen LogP contribution in [-0.2, 0) is 23.0 Å². The smallest absolute Gasteiger partial charge is 0.226 e. The summed E-state index contributed by atoms with van der Waals surface area (Å²) in [4.78, 5) is 15.8. The first kappa shape index (κ1) is 25.4.